The average molecular weight is 464 g/mol. The van der Waals surface area contributed by atoms with E-state index in [-0.39, 0.29) is 17.7 Å². The Morgan fingerprint density at radius 3 is 2.39 bits per heavy atom. The molecule has 3 aromatic rings. The fourth-order valence-corrected chi connectivity index (χ4v) is 4.03. The summed E-state index contributed by atoms with van der Waals surface area (Å²) in [6, 6.07) is 20.7. The van der Waals surface area contributed by atoms with Crippen molar-refractivity contribution in [3.63, 3.8) is 0 Å². The number of nitrogens with zero attached hydrogens (tertiary/aromatic N) is 3. The minimum atomic E-state index is -0.196. The van der Waals surface area contributed by atoms with E-state index in [2.05, 4.69) is 25.7 Å². The predicted molar refractivity (Wildman–Crippen MR) is 130 cm³/mol. The monoisotopic (exact) mass is 463 g/mol. The lowest BCUT2D eigenvalue weighted by Crippen LogP contribution is -2.39. The molecule has 0 atom stereocenters. The summed E-state index contributed by atoms with van der Waals surface area (Å²) in [6.45, 7) is 1.93. The van der Waals surface area contributed by atoms with E-state index < -0.39 is 0 Å². The van der Waals surface area contributed by atoms with Crippen molar-refractivity contribution < 1.29 is 9.59 Å². The van der Waals surface area contributed by atoms with Gasteiger partial charge in [0.15, 0.2) is 11.0 Å². The van der Waals surface area contributed by atoms with E-state index in [1.54, 1.807) is 24.3 Å². The molecule has 0 spiro atoms. The van der Waals surface area contributed by atoms with E-state index in [4.69, 9.17) is 11.6 Å². The lowest BCUT2D eigenvalue weighted by molar-refractivity contribution is -0.120. The fourth-order valence-electron chi connectivity index (χ4n) is 3.93. The van der Waals surface area contributed by atoms with Crippen molar-refractivity contribution >= 4 is 34.9 Å². The summed E-state index contributed by atoms with van der Waals surface area (Å²) in [6.07, 6.45) is 2.14. The Labute approximate surface area is 198 Å². The number of hydrogen-bond donors (Lipinski definition) is 2. The topological polar surface area (TPSA) is 87.2 Å². The first-order valence-electron chi connectivity index (χ1n) is 11.1. The highest BCUT2D eigenvalue weighted by molar-refractivity contribution is 6.29. The van der Waals surface area contributed by atoms with E-state index in [0.29, 0.717) is 48.9 Å². The van der Waals surface area contributed by atoms with E-state index in [1.807, 2.05) is 42.5 Å². The summed E-state index contributed by atoms with van der Waals surface area (Å²) >= 11 is 5.81. The molecule has 1 saturated heterocycles. The molecule has 0 radical (unpaired) electrons. The Morgan fingerprint density at radius 1 is 0.939 bits per heavy atom. The van der Waals surface area contributed by atoms with Gasteiger partial charge in [0.05, 0.1) is 11.3 Å². The van der Waals surface area contributed by atoms with Gasteiger partial charge in [-0.25, -0.2) is 0 Å². The maximum absolute atomic E-state index is 12.9. The van der Waals surface area contributed by atoms with Crippen LogP contribution in [0.2, 0.25) is 5.15 Å². The number of anilines is 2. The van der Waals surface area contributed by atoms with Gasteiger partial charge in [-0.1, -0.05) is 54.1 Å². The van der Waals surface area contributed by atoms with Crippen LogP contribution in [0.15, 0.2) is 66.7 Å². The number of benzene rings is 2. The molecule has 2 aromatic carbocycles. The van der Waals surface area contributed by atoms with Gasteiger partial charge in [-0.2, -0.15) is 0 Å². The van der Waals surface area contributed by atoms with Crippen molar-refractivity contribution in [3.8, 4) is 0 Å². The number of nitrogens with one attached hydrogen (secondary N) is 2. The van der Waals surface area contributed by atoms with Gasteiger partial charge in [0, 0.05) is 25.6 Å². The fraction of sp³-hybridized carbons (Fsp3) is 0.280. The van der Waals surface area contributed by atoms with Crippen LogP contribution in [0.4, 0.5) is 11.5 Å². The Morgan fingerprint density at radius 2 is 1.67 bits per heavy atom. The first-order valence-corrected chi connectivity index (χ1v) is 11.4. The lowest BCUT2D eigenvalue weighted by Gasteiger charge is -2.31. The third kappa shape index (κ3) is 6.08. The summed E-state index contributed by atoms with van der Waals surface area (Å²) in [5, 5.41) is 14.3. The van der Waals surface area contributed by atoms with E-state index in [0.717, 1.165) is 17.8 Å². The summed E-state index contributed by atoms with van der Waals surface area (Å²) in [7, 11) is 0. The molecule has 1 fully saturated rings. The lowest BCUT2D eigenvalue weighted by atomic mass is 9.95. The van der Waals surface area contributed by atoms with Crippen LogP contribution < -0.4 is 15.5 Å². The van der Waals surface area contributed by atoms with E-state index in [1.165, 1.54) is 0 Å². The molecule has 2 N–H and O–H groups in total. The van der Waals surface area contributed by atoms with Crippen molar-refractivity contribution in [2.24, 2.45) is 5.92 Å². The standard InChI is InChI=1S/C25H26ClN5O2/c26-22-10-11-23(30-29-22)31-16-13-19(14-17-31)24(32)28-21-9-5-4-8-20(21)25(33)27-15-12-18-6-2-1-3-7-18/h1-11,19H,12-17H2,(H,27,33)(H,28,32). The molecule has 8 heteroatoms. The van der Waals surface area contributed by atoms with Crippen molar-refractivity contribution in [2.45, 2.75) is 19.3 Å². The summed E-state index contributed by atoms with van der Waals surface area (Å²) in [5.74, 6) is 0.367. The zero-order valence-corrected chi connectivity index (χ0v) is 19.0. The first kappa shape index (κ1) is 22.7. The number of rotatable bonds is 7. The molecule has 1 aliphatic heterocycles. The number of halogens is 1. The number of piperidine rings is 1. The van der Waals surface area contributed by atoms with Crippen molar-refractivity contribution in [3.05, 3.63) is 83.0 Å². The van der Waals surface area contributed by atoms with Gasteiger partial charge in [0.2, 0.25) is 5.91 Å². The normalized spacial score (nSPS) is 14.0. The van der Waals surface area contributed by atoms with Gasteiger partial charge >= 0.3 is 0 Å². The van der Waals surface area contributed by atoms with Crippen LogP contribution in [0.1, 0.15) is 28.8 Å². The minimum Gasteiger partial charge on any atom is -0.355 e. The zero-order valence-electron chi connectivity index (χ0n) is 18.2. The molecule has 0 aliphatic carbocycles. The first-order chi connectivity index (χ1) is 16.1. The quantitative estimate of drug-likeness (QED) is 0.553. The number of aromatic nitrogens is 2. The summed E-state index contributed by atoms with van der Waals surface area (Å²) < 4.78 is 0. The highest BCUT2D eigenvalue weighted by atomic mass is 35.5. The smallest absolute Gasteiger partial charge is 0.253 e. The van der Waals surface area contributed by atoms with Gasteiger partial charge in [-0.05, 0) is 49.1 Å². The number of amides is 2. The van der Waals surface area contributed by atoms with Crippen LogP contribution in [0, 0.1) is 5.92 Å². The van der Waals surface area contributed by atoms with Crippen LogP contribution in [-0.4, -0.2) is 41.6 Å². The van der Waals surface area contributed by atoms with Crippen molar-refractivity contribution in [1.82, 2.24) is 15.5 Å². The van der Waals surface area contributed by atoms with Crippen LogP contribution in [0.3, 0.4) is 0 Å². The highest BCUT2D eigenvalue weighted by Gasteiger charge is 2.26. The van der Waals surface area contributed by atoms with Crippen LogP contribution in [-0.2, 0) is 11.2 Å². The predicted octanol–water partition coefficient (Wildman–Crippen LogP) is 3.96. The third-order valence-corrected chi connectivity index (χ3v) is 5.98. The van der Waals surface area contributed by atoms with Crippen molar-refractivity contribution in [2.75, 3.05) is 29.9 Å². The summed E-state index contributed by atoms with van der Waals surface area (Å²) in [5.41, 5.74) is 2.16. The molecule has 7 nitrogen and oxygen atoms in total. The SMILES string of the molecule is O=C(NCCc1ccccc1)c1ccccc1NC(=O)C1CCN(c2ccc(Cl)nn2)CC1. The number of carbonyl (C=O) groups is 2. The third-order valence-electron chi connectivity index (χ3n) is 5.78. The summed E-state index contributed by atoms with van der Waals surface area (Å²) in [4.78, 5) is 27.8. The van der Waals surface area contributed by atoms with E-state index >= 15 is 0 Å². The Hall–Kier alpha value is -3.45. The zero-order chi connectivity index (χ0) is 23.0. The molecule has 2 heterocycles. The molecule has 0 bridgehead atoms. The Kier molecular flexibility index (Phi) is 7.52. The molecular formula is C25H26ClN5O2. The van der Waals surface area contributed by atoms with Crippen molar-refractivity contribution in [1.29, 1.82) is 0 Å². The second-order valence-electron chi connectivity index (χ2n) is 8.00. The van der Waals surface area contributed by atoms with Gasteiger partial charge < -0.3 is 15.5 Å². The molecule has 170 valence electrons. The van der Waals surface area contributed by atoms with Crippen LogP contribution in [0.25, 0.3) is 0 Å². The van der Waals surface area contributed by atoms with Gasteiger partial charge in [-0.15, -0.1) is 10.2 Å². The number of para-hydroxylation sites is 1. The maximum Gasteiger partial charge on any atom is 0.253 e. The molecule has 4 rings (SSSR count). The van der Waals surface area contributed by atoms with E-state index in [9.17, 15) is 9.59 Å². The molecule has 1 aliphatic rings. The Bertz CT molecular complexity index is 1080. The largest absolute Gasteiger partial charge is 0.355 e. The second-order valence-corrected chi connectivity index (χ2v) is 8.39. The Balaban J connectivity index is 1.31. The van der Waals surface area contributed by atoms with Gasteiger partial charge in [0.25, 0.3) is 5.91 Å². The molecule has 2 amide bonds. The number of hydrogen-bond acceptors (Lipinski definition) is 5. The minimum absolute atomic E-state index is 0.0682. The maximum atomic E-state index is 12.9. The van der Waals surface area contributed by atoms with Gasteiger partial charge in [0.1, 0.15) is 0 Å². The molecule has 1 aromatic heterocycles. The van der Waals surface area contributed by atoms with Crippen LogP contribution >= 0.6 is 11.6 Å². The molecule has 0 saturated carbocycles. The molecule has 33 heavy (non-hydrogen) atoms. The second kappa shape index (κ2) is 10.9. The van der Waals surface area contributed by atoms with Gasteiger partial charge in [-0.3, -0.25) is 9.59 Å². The average Bonchev–Trinajstić information content (AvgIpc) is 2.85. The van der Waals surface area contributed by atoms with Crippen LogP contribution in [0.5, 0.6) is 0 Å². The highest BCUT2D eigenvalue weighted by Crippen LogP contribution is 2.24. The molecule has 0 unspecified atom stereocenters. The number of carbonyl (C=O) groups excluding carboxylic acids is 2. The molecular weight excluding hydrogens is 438 g/mol.